The number of amides is 1. The number of carbonyl (C=O) groups excluding carboxylic acids is 1. The molecule has 1 aromatic heterocycles. The molecule has 0 fully saturated rings. The Kier molecular flexibility index (Phi) is 3.82. The number of nitrogens with two attached hydrogens (primary N) is 1. The SMILES string of the molecule is CCOc1ccc2c(c1)c(=O)ccn2CC(=O)NN. The maximum Gasteiger partial charge on any atom is 0.253 e. The van der Waals surface area contributed by atoms with Gasteiger partial charge in [-0.05, 0) is 25.1 Å². The normalized spacial score (nSPS) is 10.4. The van der Waals surface area contributed by atoms with Crippen LogP contribution in [0, 0.1) is 0 Å². The van der Waals surface area contributed by atoms with Crippen molar-refractivity contribution in [3.05, 3.63) is 40.7 Å². The first kappa shape index (κ1) is 13.1. The Morgan fingerprint density at radius 3 is 2.89 bits per heavy atom. The number of hydrogen-bond donors (Lipinski definition) is 2. The third-order valence-electron chi connectivity index (χ3n) is 2.73. The van der Waals surface area contributed by atoms with Gasteiger partial charge in [-0.3, -0.25) is 15.0 Å². The van der Waals surface area contributed by atoms with Gasteiger partial charge < -0.3 is 9.30 Å². The number of carbonyl (C=O) groups is 1. The number of hydrazine groups is 1. The molecule has 0 unspecified atom stereocenters. The molecule has 19 heavy (non-hydrogen) atoms. The van der Waals surface area contributed by atoms with Crippen LogP contribution in [-0.4, -0.2) is 17.1 Å². The van der Waals surface area contributed by atoms with Gasteiger partial charge in [0.05, 0.1) is 12.1 Å². The lowest BCUT2D eigenvalue weighted by Crippen LogP contribution is -2.33. The van der Waals surface area contributed by atoms with Crippen LogP contribution in [0.1, 0.15) is 6.92 Å². The van der Waals surface area contributed by atoms with Crippen LogP contribution >= 0.6 is 0 Å². The molecule has 0 radical (unpaired) electrons. The van der Waals surface area contributed by atoms with E-state index in [1.165, 1.54) is 6.07 Å². The molecule has 0 saturated carbocycles. The minimum atomic E-state index is -0.334. The Balaban J connectivity index is 2.53. The van der Waals surface area contributed by atoms with Crippen molar-refractivity contribution in [2.45, 2.75) is 13.5 Å². The Bertz CT molecular complexity index is 664. The van der Waals surface area contributed by atoms with E-state index in [9.17, 15) is 9.59 Å². The summed E-state index contributed by atoms with van der Waals surface area (Å²) in [5, 5.41) is 0.512. The second kappa shape index (κ2) is 5.53. The lowest BCUT2D eigenvalue weighted by Gasteiger charge is -2.11. The molecule has 0 aliphatic carbocycles. The zero-order valence-corrected chi connectivity index (χ0v) is 10.6. The first-order valence-electron chi connectivity index (χ1n) is 5.91. The van der Waals surface area contributed by atoms with Gasteiger partial charge in [0.15, 0.2) is 5.43 Å². The number of nitrogens with zero attached hydrogens (tertiary/aromatic N) is 1. The van der Waals surface area contributed by atoms with Crippen LogP contribution in [0.15, 0.2) is 35.3 Å². The number of ether oxygens (including phenoxy) is 1. The molecule has 1 amide bonds. The van der Waals surface area contributed by atoms with Gasteiger partial charge in [0, 0.05) is 17.6 Å². The maximum atomic E-state index is 11.8. The molecular weight excluding hydrogens is 246 g/mol. The highest BCUT2D eigenvalue weighted by molar-refractivity contribution is 5.83. The summed E-state index contributed by atoms with van der Waals surface area (Å²) in [6.45, 7) is 2.46. The molecule has 1 aromatic carbocycles. The van der Waals surface area contributed by atoms with Crippen LogP contribution in [-0.2, 0) is 11.3 Å². The van der Waals surface area contributed by atoms with Crippen molar-refractivity contribution in [2.75, 3.05) is 6.61 Å². The van der Waals surface area contributed by atoms with Gasteiger partial charge >= 0.3 is 0 Å². The van der Waals surface area contributed by atoms with E-state index < -0.39 is 0 Å². The molecule has 6 heteroatoms. The molecule has 0 saturated heterocycles. The fourth-order valence-electron chi connectivity index (χ4n) is 1.89. The van der Waals surface area contributed by atoms with Gasteiger partial charge in [-0.1, -0.05) is 0 Å². The Morgan fingerprint density at radius 2 is 2.21 bits per heavy atom. The summed E-state index contributed by atoms with van der Waals surface area (Å²) in [6, 6.07) is 6.62. The van der Waals surface area contributed by atoms with Gasteiger partial charge in [0.2, 0.25) is 0 Å². The van der Waals surface area contributed by atoms with Crippen molar-refractivity contribution < 1.29 is 9.53 Å². The van der Waals surface area contributed by atoms with Crippen molar-refractivity contribution in [3.63, 3.8) is 0 Å². The topological polar surface area (TPSA) is 86.3 Å². The molecule has 1 heterocycles. The highest BCUT2D eigenvalue weighted by atomic mass is 16.5. The van der Waals surface area contributed by atoms with Crippen LogP contribution < -0.4 is 21.4 Å². The quantitative estimate of drug-likeness (QED) is 0.473. The van der Waals surface area contributed by atoms with Crippen molar-refractivity contribution in [3.8, 4) is 5.75 Å². The largest absolute Gasteiger partial charge is 0.494 e. The number of benzene rings is 1. The van der Waals surface area contributed by atoms with E-state index in [1.54, 1.807) is 29.0 Å². The predicted molar refractivity (Wildman–Crippen MR) is 71.7 cm³/mol. The Labute approximate surface area is 109 Å². The Morgan fingerprint density at radius 1 is 1.42 bits per heavy atom. The molecule has 0 bridgehead atoms. The summed E-state index contributed by atoms with van der Waals surface area (Å²) >= 11 is 0. The smallest absolute Gasteiger partial charge is 0.253 e. The second-order valence-electron chi connectivity index (χ2n) is 3.99. The predicted octanol–water partition coefficient (Wildman–Crippen LogP) is 0.390. The number of nitrogens with one attached hydrogen (secondary N) is 1. The van der Waals surface area contributed by atoms with E-state index in [-0.39, 0.29) is 17.9 Å². The monoisotopic (exact) mass is 261 g/mol. The minimum Gasteiger partial charge on any atom is -0.494 e. The molecule has 6 nitrogen and oxygen atoms in total. The fraction of sp³-hybridized carbons (Fsp3) is 0.231. The maximum absolute atomic E-state index is 11.8. The average molecular weight is 261 g/mol. The van der Waals surface area contributed by atoms with Gasteiger partial charge in [-0.25, -0.2) is 5.84 Å². The van der Waals surface area contributed by atoms with E-state index in [2.05, 4.69) is 5.43 Å². The van der Waals surface area contributed by atoms with Crippen LogP contribution in [0.3, 0.4) is 0 Å². The highest BCUT2D eigenvalue weighted by Crippen LogP contribution is 2.18. The number of rotatable bonds is 4. The third kappa shape index (κ3) is 2.74. The van der Waals surface area contributed by atoms with Gasteiger partial charge in [0.25, 0.3) is 5.91 Å². The van der Waals surface area contributed by atoms with Crippen LogP contribution in [0.5, 0.6) is 5.75 Å². The van der Waals surface area contributed by atoms with E-state index in [4.69, 9.17) is 10.6 Å². The standard InChI is InChI=1S/C13H15N3O3/c1-2-19-9-3-4-11-10(7-9)12(17)5-6-16(11)8-13(18)15-14/h3-7H,2,8,14H2,1H3,(H,15,18). The summed E-state index contributed by atoms with van der Waals surface area (Å²) in [5.41, 5.74) is 2.62. The van der Waals surface area contributed by atoms with Gasteiger partial charge in [0.1, 0.15) is 12.3 Å². The molecule has 0 aliphatic heterocycles. The van der Waals surface area contributed by atoms with Crippen molar-refractivity contribution in [2.24, 2.45) is 5.84 Å². The van der Waals surface area contributed by atoms with Crippen molar-refractivity contribution in [1.82, 2.24) is 9.99 Å². The summed E-state index contributed by atoms with van der Waals surface area (Å²) in [7, 11) is 0. The van der Waals surface area contributed by atoms with E-state index in [0.717, 1.165) is 0 Å². The van der Waals surface area contributed by atoms with Gasteiger partial charge in [-0.2, -0.15) is 0 Å². The summed E-state index contributed by atoms with van der Waals surface area (Å²) in [5.74, 6) is 5.36. The average Bonchev–Trinajstić information content (AvgIpc) is 2.42. The van der Waals surface area contributed by atoms with Crippen LogP contribution in [0.2, 0.25) is 0 Å². The molecule has 3 N–H and O–H groups in total. The summed E-state index contributed by atoms with van der Waals surface area (Å²) in [4.78, 5) is 23.2. The van der Waals surface area contributed by atoms with E-state index >= 15 is 0 Å². The molecule has 100 valence electrons. The second-order valence-corrected chi connectivity index (χ2v) is 3.99. The van der Waals surface area contributed by atoms with Crippen LogP contribution in [0.25, 0.3) is 10.9 Å². The minimum absolute atomic E-state index is 0.0568. The van der Waals surface area contributed by atoms with Gasteiger partial charge in [-0.15, -0.1) is 0 Å². The first-order chi connectivity index (χ1) is 9.15. The lowest BCUT2D eigenvalue weighted by molar-refractivity contribution is -0.121. The van der Waals surface area contributed by atoms with Crippen LogP contribution in [0.4, 0.5) is 0 Å². The summed E-state index contributed by atoms with van der Waals surface area (Å²) < 4.78 is 7.03. The highest BCUT2D eigenvalue weighted by Gasteiger charge is 2.07. The molecule has 2 rings (SSSR count). The molecule has 0 spiro atoms. The molecule has 0 aliphatic rings. The van der Waals surface area contributed by atoms with Crippen molar-refractivity contribution in [1.29, 1.82) is 0 Å². The van der Waals surface area contributed by atoms with E-state index in [0.29, 0.717) is 23.3 Å². The number of pyridine rings is 1. The van der Waals surface area contributed by atoms with Crippen molar-refractivity contribution >= 4 is 16.8 Å². The summed E-state index contributed by atoms with van der Waals surface area (Å²) in [6.07, 6.45) is 1.57. The zero-order chi connectivity index (χ0) is 13.8. The fourth-order valence-corrected chi connectivity index (χ4v) is 1.89. The number of aromatic nitrogens is 1. The molecule has 2 aromatic rings. The zero-order valence-electron chi connectivity index (χ0n) is 10.6. The van der Waals surface area contributed by atoms with E-state index in [1.807, 2.05) is 6.92 Å². The first-order valence-corrected chi connectivity index (χ1v) is 5.91. The number of fused-ring (bicyclic) bond motifs is 1. The third-order valence-corrected chi connectivity index (χ3v) is 2.73. The lowest BCUT2D eigenvalue weighted by atomic mass is 10.2. The number of hydrogen-bond acceptors (Lipinski definition) is 4. The molecule has 0 atom stereocenters. The Hall–Kier alpha value is -2.34. The molecular formula is C13H15N3O3.